The average Bonchev–Trinajstić information content (AvgIpc) is 1.65. The Morgan fingerprint density at radius 2 is 1.56 bits per heavy atom. The molecule has 0 spiro atoms. The van der Waals surface area contributed by atoms with Crippen LogP contribution in [0.2, 0.25) is 0 Å². The molecule has 0 radical (unpaired) electrons. The molecule has 0 bridgehead atoms. The van der Waals surface area contributed by atoms with Crippen LogP contribution in [0.1, 0.15) is 27.7 Å². The molecule has 0 unspecified atom stereocenters. The van der Waals surface area contributed by atoms with E-state index >= 15 is 0 Å². The topological polar surface area (TPSA) is 17.1 Å². The van der Waals surface area contributed by atoms with Crippen molar-refractivity contribution in [3.63, 3.8) is 0 Å². The Kier molecular flexibility index (Phi) is 9.25. The molecule has 0 amide bonds. The Balaban J connectivity index is 0. The average molecular weight is 128 g/mol. The van der Waals surface area contributed by atoms with E-state index in [2.05, 4.69) is 27.4 Å². The number of carbonyl (C=O) groups is 1. The molecule has 54 valence electrons. The van der Waals surface area contributed by atoms with Crippen LogP contribution in [-0.2, 0) is 4.79 Å². The van der Waals surface area contributed by atoms with Crippen molar-refractivity contribution in [1.29, 1.82) is 0 Å². The lowest BCUT2D eigenvalue weighted by atomic mass is 10.3. The highest BCUT2D eigenvalue weighted by atomic mass is 16.1. The van der Waals surface area contributed by atoms with Crippen molar-refractivity contribution in [2.45, 2.75) is 27.7 Å². The van der Waals surface area contributed by atoms with E-state index in [0.717, 1.165) is 12.2 Å². The predicted molar refractivity (Wildman–Crippen MR) is 41.4 cm³/mol. The van der Waals surface area contributed by atoms with E-state index in [4.69, 9.17) is 0 Å². The molecule has 0 rings (SSSR count). The van der Waals surface area contributed by atoms with E-state index in [-0.39, 0.29) is 0 Å². The van der Waals surface area contributed by atoms with Gasteiger partial charge in [0.15, 0.2) is 0 Å². The minimum absolute atomic E-state index is 0.574. The van der Waals surface area contributed by atoms with Gasteiger partial charge in [-0.15, -0.1) is 0 Å². The van der Waals surface area contributed by atoms with E-state index in [1.54, 1.807) is 6.92 Å². The lowest BCUT2D eigenvalue weighted by molar-refractivity contribution is -0.104. The molecule has 0 saturated carbocycles. The van der Waals surface area contributed by atoms with Crippen LogP contribution in [0.4, 0.5) is 0 Å². The Labute approximate surface area is 57.8 Å². The molecule has 0 fully saturated rings. The van der Waals surface area contributed by atoms with Crippen LogP contribution >= 0.6 is 0 Å². The van der Waals surface area contributed by atoms with Crippen molar-refractivity contribution in [1.82, 2.24) is 0 Å². The standard InChI is InChI=1S/C4H6O.C4H10/c1-4(2)3-5;1-4(2)3/h3H,1H2,2H3;4H,1-3H3. The zero-order valence-corrected chi connectivity index (χ0v) is 6.77. The third kappa shape index (κ3) is 109. The molecule has 0 aliphatic heterocycles. The SMILES string of the molecule is C=C(C)C=O.CC(C)C. The van der Waals surface area contributed by atoms with Gasteiger partial charge in [0.25, 0.3) is 0 Å². The second kappa shape index (κ2) is 7.41. The van der Waals surface area contributed by atoms with Gasteiger partial charge in [0, 0.05) is 0 Å². The fourth-order valence-corrected chi connectivity index (χ4v) is 0. The van der Waals surface area contributed by atoms with Gasteiger partial charge in [-0.2, -0.15) is 0 Å². The van der Waals surface area contributed by atoms with Crippen LogP contribution in [0.5, 0.6) is 0 Å². The van der Waals surface area contributed by atoms with E-state index in [9.17, 15) is 4.79 Å². The molecular weight excluding hydrogens is 112 g/mol. The number of allylic oxidation sites excluding steroid dienone is 1. The normalized spacial score (nSPS) is 7.67. The van der Waals surface area contributed by atoms with Gasteiger partial charge in [0.2, 0.25) is 0 Å². The van der Waals surface area contributed by atoms with E-state index in [1.807, 2.05) is 0 Å². The van der Waals surface area contributed by atoms with E-state index < -0.39 is 0 Å². The molecular formula is C8H16O. The van der Waals surface area contributed by atoms with Crippen molar-refractivity contribution < 1.29 is 4.79 Å². The lowest BCUT2D eigenvalue weighted by Gasteiger charge is -1.79. The zero-order chi connectivity index (χ0) is 7.86. The first-order chi connectivity index (χ1) is 4.00. The zero-order valence-electron chi connectivity index (χ0n) is 6.77. The predicted octanol–water partition coefficient (Wildman–Crippen LogP) is 2.42. The minimum atomic E-state index is 0.574. The van der Waals surface area contributed by atoms with Gasteiger partial charge in [-0.1, -0.05) is 27.4 Å². The quantitative estimate of drug-likeness (QED) is 0.391. The number of rotatable bonds is 1. The molecule has 0 saturated heterocycles. The summed E-state index contributed by atoms with van der Waals surface area (Å²) in [5.41, 5.74) is 0.574. The van der Waals surface area contributed by atoms with Crippen molar-refractivity contribution in [2.75, 3.05) is 0 Å². The van der Waals surface area contributed by atoms with Crippen molar-refractivity contribution in [2.24, 2.45) is 5.92 Å². The molecule has 0 N–H and O–H groups in total. The summed E-state index contributed by atoms with van der Waals surface area (Å²) in [6.07, 6.45) is 0.722. The summed E-state index contributed by atoms with van der Waals surface area (Å²) in [7, 11) is 0. The fourth-order valence-electron chi connectivity index (χ4n) is 0. The van der Waals surface area contributed by atoms with Crippen LogP contribution in [0, 0.1) is 5.92 Å². The summed E-state index contributed by atoms with van der Waals surface area (Å²) >= 11 is 0. The van der Waals surface area contributed by atoms with Crippen LogP contribution in [-0.4, -0.2) is 6.29 Å². The first kappa shape index (κ1) is 11.2. The van der Waals surface area contributed by atoms with Gasteiger partial charge in [-0.25, -0.2) is 0 Å². The highest BCUT2D eigenvalue weighted by Gasteiger charge is 1.68. The van der Waals surface area contributed by atoms with Crippen LogP contribution in [0.3, 0.4) is 0 Å². The summed E-state index contributed by atoms with van der Waals surface area (Å²) in [4.78, 5) is 9.41. The van der Waals surface area contributed by atoms with E-state index in [1.165, 1.54) is 0 Å². The van der Waals surface area contributed by atoms with Crippen LogP contribution in [0.15, 0.2) is 12.2 Å². The minimum Gasteiger partial charge on any atom is -0.298 e. The largest absolute Gasteiger partial charge is 0.298 e. The number of hydrogen-bond donors (Lipinski definition) is 0. The Morgan fingerprint density at radius 1 is 1.44 bits per heavy atom. The third-order valence-corrected chi connectivity index (χ3v) is 0.201. The first-order valence-corrected chi connectivity index (χ1v) is 3.11. The molecule has 1 heteroatoms. The first-order valence-electron chi connectivity index (χ1n) is 3.11. The van der Waals surface area contributed by atoms with Gasteiger partial charge >= 0.3 is 0 Å². The molecule has 0 heterocycles. The molecule has 9 heavy (non-hydrogen) atoms. The number of carbonyl (C=O) groups excluding carboxylic acids is 1. The Hall–Kier alpha value is -0.590. The monoisotopic (exact) mass is 128 g/mol. The van der Waals surface area contributed by atoms with Crippen molar-refractivity contribution in [3.05, 3.63) is 12.2 Å². The van der Waals surface area contributed by atoms with Gasteiger partial charge < -0.3 is 0 Å². The summed E-state index contributed by atoms with van der Waals surface area (Å²) in [5, 5.41) is 0. The summed E-state index contributed by atoms with van der Waals surface area (Å²) < 4.78 is 0. The second-order valence-corrected chi connectivity index (χ2v) is 2.70. The van der Waals surface area contributed by atoms with Gasteiger partial charge in [0.05, 0.1) is 0 Å². The summed E-state index contributed by atoms with van der Waals surface area (Å²) in [5.74, 6) is 0.833. The summed E-state index contributed by atoms with van der Waals surface area (Å²) in [6, 6.07) is 0. The maximum absolute atomic E-state index is 9.41. The molecule has 0 aromatic rings. The Morgan fingerprint density at radius 3 is 1.56 bits per heavy atom. The molecule has 1 nitrogen and oxygen atoms in total. The molecule has 0 aromatic heterocycles. The number of aldehydes is 1. The van der Waals surface area contributed by atoms with Crippen molar-refractivity contribution >= 4 is 6.29 Å². The molecule has 0 aliphatic carbocycles. The number of hydrogen-bond acceptors (Lipinski definition) is 1. The van der Waals surface area contributed by atoms with Gasteiger partial charge in [-0.3, -0.25) is 4.79 Å². The second-order valence-electron chi connectivity index (χ2n) is 2.70. The summed E-state index contributed by atoms with van der Waals surface area (Å²) in [6.45, 7) is 11.5. The van der Waals surface area contributed by atoms with Gasteiger partial charge in [0.1, 0.15) is 6.29 Å². The van der Waals surface area contributed by atoms with Crippen molar-refractivity contribution in [3.8, 4) is 0 Å². The smallest absolute Gasteiger partial charge is 0.145 e. The third-order valence-electron chi connectivity index (χ3n) is 0.201. The maximum Gasteiger partial charge on any atom is 0.145 e. The lowest BCUT2D eigenvalue weighted by Crippen LogP contribution is -1.66. The molecule has 0 atom stereocenters. The maximum atomic E-state index is 9.41. The molecule has 0 aliphatic rings. The van der Waals surface area contributed by atoms with E-state index in [0.29, 0.717) is 5.57 Å². The van der Waals surface area contributed by atoms with Gasteiger partial charge in [-0.05, 0) is 18.4 Å². The van der Waals surface area contributed by atoms with Crippen LogP contribution in [0.25, 0.3) is 0 Å². The Bertz CT molecular complexity index is 79.8. The highest BCUT2D eigenvalue weighted by Crippen LogP contribution is 1.81. The molecule has 0 aromatic carbocycles. The fraction of sp³-hybridized carbons (Fsp3) is 0.625. The van der Waals surface area contributed by atoms with Crippen LogP contribution < -0.4 is 0 Å². The highest BCUT2D eigenvalue weighted by molar-refractivity contribution is 5.70.